The second-order valence-corrected chi connectivity index (χ2v) is 4.03. The lowest BCUT2D eigenvalue weighted by atomic mass is 10.1. The zero-order valence-electron chi connectivity index (χ0n) is 10.5. The molecule has 102 valence electrons. The van der Waals surface area contributed by atoms with Gasteiger partial charge in [0.2, 0.25) is 5.82 Å². The van der Waals surface area contributed by atoms with Crippen LogP contribution in [0.2, 0.25) is 0 Å². The van der Waals surface area contributed by atoms with E-state index in [2.05, 4.69) is 11.8 Å². The van der Waals surface area contributed by atoms with Crippen LogP contribution in [0.15, 0.2) is 40.1 Å². The Morgan fingerprint density at radius 1 is 1.30 bits per heavy atom. The van der Waals surface area contributed by atoms with Crippen molar-refractivity contribution in [2.45, 2.75) is 6.54 Å². The predicted molar refractivity (Wildman–Crippen MR) is 72.8 cm³/mol. The first kappa shape index (κ1) is 13.8. The molecule has 0 radical (unpaired) electrons. The molecule has 1 aromatic heterocycles. The molecular formula is C14H12FN3O2. The number of halogens is 1. The molecule has 3 N–H and O–H groups in total. The highest BCUT2D eigenvalue weighted by atomic mass is 19.1. The Morgan fingerprint density at radius 3 is 2.80 bits per heavy atom. The van der Waals surface area contributed by atoms with Crippen LogP contribution in [0.3, 0.4) is 0 Å². The smallest absolute Gasteiger partial charge is 0.320 e. The standard InChI is InChI=1S/C14H12FN3O2/c15-12-9-18(14(20)17-13(12)19)8-11-5-2-1-4-10(11)6-3-7-16/h1-2,4-5,9H,7-8,16H2,(H,17,19,20). The molecule has 0 aliphatic carbocycles. The van der Waals surface area contributed by atoms with Crippen LogP contribution < -0.4 is 17.0 Å². The molecule has 2 aromatic rings. The van der Waals surface area contributed by atoms with E-state index in [0.717, 1.165) is 16.3 Å². The summed E-state index contributed by atoms with van der Waals surface area (Å²) in [5.74, 6) is 4.60. The molecule has 6 heteroatoms. The maximum absolute atomic E-state index is 13.2. The highest BCUT2D eigenvalue weighted by Crippen LogP contribution is 2.08. The largest absolute Gasteiger partial charge is 0.328 e. The summed E-state index contributed by atoms with van der Waals surface area (Å²) in [5, 5.41) is 0. The molecular weight excluding hydrogens is 261 g/mol. The zero-order chi connectivity index (χ0) is 14.5. The van der Waals surface area contributed by atoms with Gasteiger partial charge in [-0.25, -0.2) is 4.79 Å². The number of aromatic nitrogens is 2. The Labute approximate surface area is 113 Å². The summed E-state index contributed by atoms with van der Waals surface area (Å²) in [6.45, 7) is 0.337. The molecule has 0 amide bonds. The van der Waals surface area contributed by atoms with Crippen LogP contribution in [-0.4, -0.2) is 16.1 Å². The third-order valence-corrected chi connectivity index (χ3v) is 2.65. The summed E-state index contributed by atoms with van der Waals surface area (Å²) in [7, 11) is 0. The molecule has 2 rings (SSSR count). The number of H-pyrrole nitrogens is 1. The minimum absolute atomic E-state index is 0.113. The van der Waals surface area contributed by atoms with Crippen LogP contribution in [0.4, 0.5) is 4.39 Å². The first-order chi connectivity index (χ1) is 9.61. The zero-order valence-corrected chi connectivity index (χ0v) is 10.5. The van der Waals surface area contributed by atoms with Crippen molar-refractivity contribution in [3.63, 3.8) is 0 Å². The van der Waals surface area contributed by atoms with Crippen molar-refractivity contribution in [3.8, 4) is 11.8 Å². The second-order valence-electron chi connectivity index (χ2n) is 4.03. The van der Waals surface area contributed by atoms with Gasteiger partial charge in [0.25, 0.3) is 5.56 Å². The molecule has 0 saturated heterocycles. The first-order valence-corrected chi connectivity index (χ1v) is 5.88. The van der Waals surface area contributed by atoms with Gasteiger partial charge in [0.15, 0.2) is 0 Å². The average molecular weight is 273 g/mol. The number of hydrogen-bond acceptors (Lipinski definition) is 3. The van der Waals surface area contributed by atoms with Gasteiger partial charge in [-0.1, -0.05) is 30.0 Å². The topological polar surface area (TPSA) is 80.9 Å². The lowest BCUT2D eigenvalue weighted by Crippen LogP contribution is -2.31. The van der Waals surface area contributed by atoms with Crippen LogP contribution in [0.1, 0.15) is 11.1 Å². The summed E-state index contributed by atoms with van der Waals surface area (Å²) in [5.41, 5.74) is 5.07. The number of nitrogens with two attached hydrogens (primary N) is 1. The van der Waals surface area contributed by atoms with Gasteiger partial charge in [0.1, 0.15) is 0 Å². The first-order valence-electron chi connectivity index (χ1n) is 5.88. The molecule has 0 bridgehead atoms. The second kappa shape index (κ2) is 5.99. The van der Waals surface area contributed by atoms with Gasteiger partial charge in [0.05, 0.1) is 19.3 Å². The van der Waals surface area contributed by atoms with E-state index in [0.29, 0.717) is 5.56 Å². The summed E-state index contributed by atoms with van der Waals surface area (Å²) in [6.07, 6.45) is 0.883. The van der Waals surface area contributed by atoms with Gasteiger partial charge in [-0.2, -0.15) is 4.39 Å². The van der Waals surface area contributed by atoms with E-state index in [-0.39, 0.29) is 13.1 Å². The summed E-state index contributed by atoms with van der Waals surface area (Å²) >= 11 is 0. The average Bonchev–Trinajstić information content (AvgIpc) is 2.44. The van der Waals surface area contributed by atoms with Gasteiger partial charge < -0.3 is 5.73 Å². The Balaban J connectivity index is 2.43. The van der Waals surface area contributed by atoms with Crippen LogP contribution >= 0.6 is 0 Å². The SMILES string of the molecule is NCC#Cc1ccccc1Cn1cc(F)c(=O)[nH]c1=O. The van der Waals surface area contributed by atoms with Crippen molar-refractivity contribution >= 4 is 0 Å². The Morgan fingerprint density at radius 2 is 2.05 bits per heavy atom. The van der Waals surface area contributed by atoms with Gasteiger partial charge in [-0.15, -0.1) is 0 Å². The van der Waals surface area contributed by atoms with Crippen LogP contribution in [0, 0.1) is 17.7 Å². The number of nitrogens with zero attached hydrogens (tertiary/aromatic N) is 1. The molecule has 20 heavy (non-hydrogen) atoms. The van der Waals surface area contributed by atoms with E-state index in [4.69, 9.17) is 5.73 Å². The van der Waals surface area contributed by atoms with E-state index in [1.54, 1.807) is 24.3 Å². The number of benzene rings is 1. The molecule has 0 spiro atoms. The fourth-order valence-electron chi connectivity index (χ4n) is 1.71. The monoisotopic (exact) mass is 273 g/mol. The molecule has 1 aromatic carbocycles. The normalized spacial score (nSPS) is 9.90. The fraction of sp³-hybridized carbons (Fsp3) is 0.143. The van der Waals surface area contributed by atoms with Crippen molar-refractivity contribution in [3.05, 3.63) is 68.2 Å². The fourth-order valence-corrected chi connectivity index (χ4v) is 1.71. The number of rotatable bonds is 2. The molecule has 0 saturated carbocycles. The molecule has 0 unspecified atom stereocenters. The summed E-state index contributed by atoms with van der Waals surface area (Å²) in [6, 6.07) is 7.15. The molecule has 0 fully saturated rings. The van der Waals surface area contributed by atoms with Crippen LogP contribution in [0.25, 0.3) is 0 Å². The molecule has 0 aliphatic heterocycles. The van der Waals surface area contributed by atoms with Crippen molar-refractivity contribution < 1.29 is 4.39 Å². The maximum atomic E-state index is 13.2. The van der Waals surface area contributed by atoms with Crippen molar-refractivity contribution in [1.82, 2.24) is 9.55 Å². The quantitative estimate of drug-likeness (QED) is 0.758. The van der Waals surface area contributed by atoms with Crippen molar-refractivity contribution in [2.24, 2.45) is 5.73 Å². The molecule has 0 aliphatic rings. The van der Waals surface area contributed by atoms with Crippen LogP contribution in [-0.2, 0) is 6.54 Å². The third kappa shape index (κ3) is 3.02. The summed E-state index contributed by atoms with van der Waals surface area (Å²) in [4.78, 5) is 24.5. The predicted octanol–water partition coefficient (Wildman–Crippen LogP) is 0.0342. The van der Waals surface area contributed by atoms with E-state index in [1.165, 1.54) is 0 Å². The Bertz CT molecular complexity index is 796. The minimum atomic E-state index is -1.03. The van der Waals surface area contributed by atoms with E-state index < -0.39 is 17.1 Å². The Kier molecular flexibility index (Phi) is 4.13. The minimum Gasteiger partial charge on any atom is -0.320 e. The van der Waals surface area contributed by atoms with Gasteiger partial charge in [-0.3, -0.25) is 14.3 Å². The lowest BCUT2D eigenvalue weighted by molar-refractivity contribution is 0.566. The van der Waals surface area contributed by atoms with Gasteiger partial charge >= 0.3 is 5.69 Å². The number of nitrogens with one attached hydrogen (secondary N) is 1. The third-order valence-electron chi connectivity index (χ3n) is 2.65. The van der Waals surface area contributed by atoms with E-state index in [9.17, 15) is 14.0 Å². The highest BCUT2D eigenvalue weighted by Gasteiger charge is 2.06. The number of hydrogen-bond donors (Lipinski definition) is 2. The Hall–Kier alpha value is -2.65. The van der Waals surface area contributed by atoms with Gasteiger partial charge in [-0.05, 0) is 11.6 Å². The van der Waals surface area contributed by atoms with E-state index >= 15 is 0 Å². The van der Waals surface area contributed by atoms with Crippen molar-refractivity contribution in [1.29, 1.82) is 0 Å². The van der Waals surface area contributed by atoms with Gasteiger partial charge in [0, 0.05) is 5.56 Å². The van der Waals surface area contributed by atoms with Crippen molar-refractivity contribution in [2.75, 3.05) is 6.54 Å². The number of aromatic amines is 1. The maximum Gasteiger partial charge on any atom is 0.328 e. The van der Waals surface area contributed by atoms with E-state index in [1.807, 2.05) is 4.98 Å². The summed E-state index contributed by atoms with van der Waals surface area (Å²) < 4.78 is 14.3. The highest BCUT2D eigenvalue weighted by molar-refractivity contribution is 5.41. The lowest BCUT2D eigenvalue weighted by Gasteiger charge is -2.07. The molecule has 0 atom stereocenters. The molecule has 1 heterocycles. The van der Waals surface area contributed by atoms with Crippen LogP contribution in [0.5, 0.6) is 0 Å². The molecule has 5 nitrogen and oxygen atoms in total.